The number of hydrogen-bond acceptors (Lipinski definition) is 3. The predicted octanol–water partition coefficient (Wildman–Crippen LogP) is 1.84. The molecule has 6 nitrogen and oxygen atoms in total. The molecule has 4 rings (SSSR count). The summed E-state index contributed by atoms with van der Waals surface area (Å²) in [6.45, 7) is 3.01. The van der Waals surface area contributed by atoms with Crippen molar-refractivity contribution >= 4 is 22.7 Å². The molecule has 2 atom stereocenters. The largest absolute Gasteiger partial charge is 0.351 e. The quantitative estimate of drug-likeness (QED) is 0.880. The molecule has 6 heteroatoms. The Morgan fingerprint density at radius 2 is 2.15 bits per heavy atom. The monoisotopic (exact) mass is 354 g/mol. The van der Waals surface area contributed by atoms with Crippen molar-refractivity contribution in [2.45, 2.75) is 25.3 Å². The second kappa shape index (κ2) is 7.11. The molecule has 138 valence electrons. The minimum Gasteiger partial charge on any atom is -0.351 e. The first-order valence-electron chi connectivity index (χ1n) is 9.48. The van der Waals surface area contributed by atoms with Crippen LogP contribution >= 0.6 is 0 Å². The third kappa shape index (κ3) is 3.09. The van der Waals surface area contributed by atoms with Crippen molar-refractivity contribution in [1.82, 2.24) is 20.1 Å². The number of aromatic nitrogens is 1. The molecule has 1 aromatic heterocycles. The maximum atomic E-state index is 13.0. The summed E-state index contributed by atoms with van der Waals surface area (Å²) < 4.78 is 0. The molecule has 0 aliphatic carbocycles. The fraction of sp³-hybridized carbons (Fsp3) is 0.500. The molecule has 0 saturated carbocycles. The molecule has 1 aromatic carbocycles. The number of piperidine rings is 2. The third-order valence-electron chi connectivity index (χ3n) is 5.79. The molecule has 0 radical (unpaired) electrons. The number of carbonyl (C=O) groups excluding carboxylic acids is 2. The lowest BCUT2D eigenvalue weighted by molar-refractivity contribution is -0.140. The molecule has 0 bridgehead atoms. The van der Waals surface area contributed by atoms with Gasteiger partial charge in [-0.25, -0.2) is 0 Å². The van der Waals surface area contributed by atoms with Crippen LogP contribution in [0.4, 0.5) is 0 Å². The Morgan fingerprint density at radius 3 is 2.96 bits per heavy atom. The van der Waals surface area contributed by atoms with Gasteiger partial charge in [0.05, 0.1) is 0 Å². The molecule has 2 aliphatic heterocycles. The molecular weight excluding hydrogens is 328 g/mol. The SMILES string of the molecule is CNCCN1C(=O)CCC2CN(C(=O)c3cc4ccccc4[nH]3)CCC21. The van der Waals surface area contributed by atoms with Crippen LogP contribution in [0.15, 0.2) is 30.3 Å². The molecule has 2 fully saturated rings. The van der Waals surface area contributed by atoms with E-state index in [1.807, 2.05) is 47.2 Å². The van der Waals surface area contributed by atoms with Crippen LogP contribution in [0.25, 0.3) is 10.9 Å². The minimum atomic E-state index is 0.0679. The van der Waals surface area contributed by atoms with Crippen molar-refractivity contribution < 1.29 is 9.59 Å². The Morgan fingerprint density at radius 1 is 1.31 bits per heavy atom. The maximum Gasteiger partial charge on any atom is 0.270 e. The van der Waals surface area contributed by atoms with E-state index in [1.165, 1.54) is 0 Å². The van der Waals surface area contributed by atoms with Crippen LogP contribution in [-0.4, -0.2) is 65.9 Å². The van der Waals surface area contributed by atoms with Gasteiger partial charge in [-0.05, 0) is 37.9 Å². The van der Waals surface area contributed by atoms with Gasteiger partial charge in [-0.2, -0.15) is 0 Å². The molecule has 2 unspecified atom stereocenters. The van der Waals surface area contributed by atoms with Crippen molar-refractivity contribution in [3.05, 3.63) is 36.0 Å². The minimum absolute atomic E-state index is 0.0679. The fourth-order valence-corrected chi connectivity index (χ4v) is 4.42. The van der Waals surface area contributed by atoms with Gasteiger partial charge in [0, 0.05) is 49.5 Å². The Hall–Kier alpha value is -2.34. The lowest BCUT2D eigenvalue weighted by atomic mass is 9.83. The summed E-state index contributed by atoms with van der Waals surface area (Å²) in [6.07, 6.45) is 2.35. The van der Waals surface area contributed by atoms with Crippen LogP contribution < -0.4 is 5.32 Å². The number of nitrogens with zero attached hydrogens (tertiary/aromatic N) is 2. The summed E-state index contributed by atoms with van der Waals surface area (Å²) in [7, 11) is 1.91. The van der Waals surface area contributed by atoms with E-state index in [2.05, 4.69) is 10.3 Å². The summed E-state index contributed by atoms with van der Waals surface area (Å²) in [5, 5.41) is 4.19. The third-order valence-corrected chi connectivity index (χ3v) is 5.79. The van der Waals surface area contributed by atoms with E-state index < -0.39 is 0 Å². The predicted molar refractivity (Wildman–Crippen MR) is 101 cm³/mol. The molecule has 2 saturated heterocycles. The number of likely N-dealkylation sites (N-methyl/N-ethyl adjacent to an activating group) is 1. The molecule has 2 aliphatic rings. The van der Waals surface area contributed by atoms with Gasteiger partial charge < -0.3 is 20.1 Å². The van der Waals surface area contributed by atoms with E-state index >= 15 is 0 Å². The highest BCUT2D eigenvalue weighted by atomic mass is 16.2. The standard InChI is InChI=1S/C20H26N4O2/c1-21-9-11-24-18-8-10-23(13-15(18)6-7-19(24)25)20(26)17-12-14-4-2-3-5-16(14)22-17/h2-5,12,15,18,21-22H,6-11,13H2,1H3. The van der Waals surface area contributed by atoms with Gasteiger partial charge in [-0.15, -0.1) is 0 Å². The molecule has 2 aromatic rings. The number of rotatable bonds is 4. The van der Waals surface area contributed by atoms with Crippen LogP contribution in [0.5, 0.6) is 0 Å². The molecule has 0 spiro atoms. The van der Waals surface area contributed by atoms with Crippen molar-refractivity contribution in [2.24, 2.45) is 5.92 Å². The van der Waals surface area contributed by atoms with Crippen LogP contribution in [0.3, 0.4) is 0 Å². The van der Waals surface area contributed by atoms with Crippen molar-refractivity contribution in [1.29, 1.82) is 0 Å². The second-order valence-corrected chi connectivity index (χ2v) is 7.37. The highest BCUT2D eigenvalue weighted by molar-refractivity contribution is 5.98. The fourth-order valence-electron chi connectivity index (χ4n) is 4.42. The summed E-state index contributed by atoms with van der Waals surface area (Å²) in [6, 6.07) is 10.2. The van der Waals surface area contributed by atoms with E-state index in [1.54, 1.807) is 0 Å². The van der Waals surface area contributed by atoms with Gasteiger partial charge in [0.25, 0.3) is 5.91 Å². The van der Waals surface area contributed by atoms with Crippen LogP contribution in [0, 0.1) is 5.92 Å². The van der Waals surface area contributed by atoms with Crippen LogP contribution in [-0.2, 0) is 4.79 Å². The molecule has 2 amide bonds. The Labute approximate surface area is 153 Å². The number of benzene rings is 1. The first-order chi connectivity index (χ1) is 12.7. The number of para-hydroxylation sites is 1. The Balaban J connectivity index is 1.47. The number of carbonyl (C=O) groups is 2. The molecule has 26 heavy (non-hydrogen) atoms. The van der Waals surface area contributed by atoms with Gasteiger partial charge >= 0.3 is 0 Å². The van der Waals surface area contributed by atoms with Gasteiger partial charge in [0.1, 0.15) is 5.69 Å². The van der Waals surface area contributed by atoms with E-state index in [0.29, 0.717) is 24.6 Å². The number of likely N-dealkylation sites (tertiary alicyclic amines) is 2. The lowest BCUT2D eigenvalue weighted by Gasteiger charge is -2.47. The molecular formula is C20H26N4O2. The molecule has 3 heterocycles. The smallest absolute Gasteiger partial charge is 0.270 e. The van der Waals surface area contributed by atoms with E-state index in [0.717, 1.165) is 43.4 Å². The van der Waals surface area contributed by atoms with Crippen molar-refractivity contribution in [3.8, 4) is 0 Å². The topological polar surface area (TPSA) is 68.4 Å². The second-order valence-electron chi connectivity index (χ2n) is 7.37. The van der Waals surface area contributed by atoms with Gasteiger partial charge in [-0.1, -0.05) is 18.2 Å². The number of amides is 2. The zero-order valence-electron chi connectivity index (χ0n) is 15.2. The lowest BCUT2D eigenvalue weighted by Crippen LogP contribution is -2.57. The zero-order valence-corrected chi connectivity index (χ0v) is 15.2. The van der Waals surface area contributed by atoms with Gasteiger partial charge in [0.2, 0.25) is 5.91 Å². The van der Waals surface area contributed by atoms with Crippen molar-refractivity contribution in [2.75, 3.05) is 33.2 Å². The average molecular weight is 354 g/mol. The van der Waals surface area contributed by atoms with Crippen molar-refractivity contribution in [3.63, 3.8) is 0 Å². The van der Waals surface area contributed by atoms with Gasteiger partial charge in [0.15, 0.2) is 0 Å². The van der Waals surface area contributed by atoms with E-state index in [9.17, 15) is 9.59 Å². The summed E-state index contributed by atoms with van der Waals surface area (Å²) in [4.78, 5) is 32.5. The number of aromatic amines is 1. The van der Waals surface area contributed by atoms with Crippen LogP contribution in [0.2, 0.25) is 0 Å². The summed E-state index contributed by atoms with van der Waals surface area (Å²) >= 11 is 0. The van der Waals surface area contributed by atoms with Crippen LogP contribution in [0.1, 0.15) is 29.8 Å². The Bertz CT molecular complexity index is 782. The highest BCUT2D eigenvalue weighted by Gasteiger charge is 2.40. The van der Waals surface area contributed by atoms with E-state index in [4.69, 9.17) is 0 Å². The number of hydrogen-bond donors (Lipinski definition) is 2. The summed E-state index contributed by atoms with van der Waals surface area (Å²) in [5.74, 6) is 0.710. The highest BCUT2D eigenvalue weighted by Crippen LogP contribution is 2.31. The Kier molecular flexibility index (Phi) is 4.68. The number of H-pyrrole nitrogens is 1. The maximum absolute atomic E-state index is 13.0. The number of nitrogens with one attached hydrogen (secondary N) is 2. The first kappa shape index (κ1) is 17.1. The van der Waals surface area contributed by atoms with Gasteiger partial charge in [-0.3, -0.25) is 9.59 Å². The first-order valence-corrected chi connectivity index (χ1v) is 9.48. The normalized spacial score (nSPS) is 23.3. The summed E-state index contributed by atoms with van der Waals surface area (Å²) in [5.41, 5.74) is 1.65. The van der Waals surface area contributed by atoms with E-state index in [-0.39, 0.29) is 17.9 Å². The zero-order chi connectivity index (χ0) is 18.1. The number of fused-ring (bicyclic) bond motifs is 2. The molecule has 2 N–H and O–H groups in total. The average Bonchev–Trinajstić information content (AvgIpc) is 3.10.